The summed E-state index contributed by atoms with van der Waals surface area (Å²) in [6.07, 6.45) is 6.32. The van der Waals surface area contributed by atoms with Crippen molar-refractivity contribution >= 4 is 5.88 Å². The van der Waals surface area contributed by atoms with Crippen molar-refractivity contribution in [2.24, 2.45) is 5.41 Å². The van der Waals surface area contributed by atoms with Crippen molar-refractivity contribution in [2.45, 2.75) is 20.3 Å². The average Bonchev–Trinajstić information content (AvgIpc) is 3.31. The SMILES string of the molecule is CC1(C)CCOC1=C(Oc1ccc(-c2ccccc2)cc1)n1ccnc1. The van der Waals surface area contributed by atoms with Gasteiger partial charge in [0, 0.05) is 17.8 Å². The van der Waals surface area contributed by atoms with E-state index in [0.29, 0.717) is 12.5 Å². The Balaban J connectivity index is 1.66. The van der Waals surface area contributed by atoms with Crippen LogP contribution in [0.5, 0.6) is 5.75 Å². The summed E-state index contributed by atoms with van der Waals surface area (Å²) in [7, 11) is 0. The van der Waals surface area contributed by atoms with E-state index in [-0.39, 0.29) is 5.41 Å². The summed E-state index contributed by atoms with van der Waals surface area (Å²) >= 11 is 0. The van der Waals surface area contributed by atoms with Crippen LogP contribution in [0.3, 0.4) is 0 Å². The van der Waals surface area contributed by atoms with Gasteiger partial charge in [0.2, 0.25) is 5.88 Å². The summed E-state index contributed by atoms with van der Waals surface area (Å²) in [5.74, 6) is 2.31. The van der Waals surface area contributed by atoms with E-state index in [9.17, 15) is 0 Å². The predicted molar refractivity (Wildman–Crippen MR) is 102 cm³/mol. The molecule has 0 atom stereocenters. The van der Waals surface area contributed by atoms with Gasteiger partial charge in [0.05, 0.1) is 6.61 Å². The van der Waals surface area contributed by atoms with Crippen LogP contribution in [0.1, 0.15) is 20.3 Å². The minimum Gasteiger partial charge on any atom is -0.492 e. The summed E-state index contributed by atoms with van der Waals surface area (Å²) in [6, 6.07) is 18.4. The highest BCUT2D eigenvalue weighted by atomic mass is 16.5. The first kappa shape index (κ1) is 16.5. The van der Waals surface area contributed by atoms with Crippen LogP contribution in [-0.2, 0) is 4.74 Å². The molecule has 1 fully saturated rings. The molecule has 4 rings (SSSR count). The van der Waals surface area contributed by atoms with Crippen LogP contribution >= 0.6 is 0 Å². The van der Waals surface area contributed by atoms with Gasteiger partial charge in [0.25, 0.3) is 0 Å². The fourth-order valence-electron chi connectivity index (χ4n) is 3.12. The van der Waals surface area contributed by atoms with Crippen molar-refractivity contribution in [1.29, 1.82) is 0 Å². The lowest BCUT2D eigenvalue weighted by Gasteiger charge is -2.21. The van der Waals surface area contributed by atoms with Gasteiger partial charge in [0.15, 0.2) is 5.76 Å². The molecule has 1 aliphatic rings. The summed E-state index contributed by atoms with van der Waals surface area (Å²) in [5, 5.41) is 0. The Hall–Kier alpha value is -3.01. The molecule has 4 heteroatoms. The number of allylic oxidation sites excluding steroid dienone is 1. The third-order valence-corrected chi connectivity index (χ3v) is 4.70. The average molecular weight is 346 g/mol. The molecule has 3 aromatic rings. The molecule has 0 bridgehead atoms. The zero-order chi connectivity index (χ0) is 18.0. The number of rotatable bonds is 4. The fourth-order valence-corrected chi connectivity index (χ4v) is 3.12. The van der Waals surface area contributed by atoms with Gasteiger partial charge >= 0.3 is 0 Å². The van der Waals surface area contributed by atoms with Crippen molar-refractivity contribution in [1.82, 2.24) is 9.55 Å². The molecule has 0 radical (unpaired) electrons. The number of hydrogen-bond donors (Lipinski definition) is 0. The van der Waals surface area contributed by atoms with Crippen LogP contribution in [-0.4, -0.2) is 16.2 Å². The second kappa shape index (κ2) is 6.71. The standard InChI is InChI=1S/C22H22N2O2/c1-22(2)12-15-25-20(22)21(24-14-13-23-16-24)26-19-10-8-18(9-11-19)17-6-4-3-5-7-17/h3-11,13-14,16H,12,15H2,1-2H3. The van der Waals surface area contributed by atoms with Gasteiger partial charge in [-0.2, -0.15) is 0 Å². The third-order valence-electron chi connectivity index (χ3n) is 4.70. The maximum absolute atomic E-state index is 6.25. The van der Waals surface area contributed by atoms with E-state index in [1.807, 2.05) is 41.1 Å². The minimum absolute atomic E-state index is 0.0659. The second-order valence-corrected chi connectivity index (χ2v) is 7.08. The molecule has 26 heavy (non-hydrogen) atoms. The van der Waals surface area contributed by atoms with Gasteiger partial charge in [-0.25, -0.2) is 4.98 Å². The van der Waals surface area contributed by atoms with Crippen LogP contribution in [0.4, 0.5) is 0 Å². The summed E-state index contributed by atoms with van der Waals surface area (Å²) < 4.78 is 14.0. The molecule has 2 heterocycles. The molecule has 0 spiro atoms. The lowest BCUT2D eigenvalue weighted by molar-refractivity contribution is 0.237. The molecule has 4 nitrogen and oxygen atoms in total. The monoisotopic (exact) mass is 346 g/mol. The molecule has 0 N–H and O–H groups in total. The Kier molecular flexibility index (Phi) is 4.25. The van der Waals surface area contributed by atoms with Crippen molar-refractivity contribution in [3.8, 4) is 16.9 Å². The first-order chi connectivity index (χ1) is 12.6. The second-order valence-electron chi connectivity index (χ2n) is 7.08. The third kappa shape index (κ3) is 3.23. The first-order valence-corrected chi connectivity index (χ1v) is 8.83. The topological polar surface area (TPSA) is 36.3 Å². The van der Waals surface area contributed by atoms with Gasteiger partial charge < -0.3 is 9.47 Å². The minimum atomic E-state index is -0.0659. The van der Waals surface area contributed by atoms with E-state index in [1.165, 1.54) is 5.56 Å². The maximum Gasteiger partial charge on any atom is 0.244 e. The Morgan fingerprint density at radius 3 is 2.38 bits per heavy atom. The molecule has 1 aromatic heterocycles. The normalized spacial score (nSPS) is 17.6. The van der Waals surface area contributed by atoms with Crippen LogP contribution in [0, 0.1) is 5.41 Å². The van der Waals surface area contributed by atoms with Crippen molar-refractivity contribution in [2.75, 3.05) is 6.61 Å². The van der Waals surface area contributed by atoms with Gasteiger partial charge in [0.1, 0.15) is 12.1 Å². The summed E-state index contributed by atoms with van der Waals surface area (Å²) in [6.45, 7) is 5.05. The number of aromatic nitrogens is 2. The van der Waals surface area contributed by atoms with Gasteiger partial charge in [-0.3, -0.25) is 4.57 Å². The molecular weight excluding hydrogens is 324 g/mol. The van der Waals surface area contributed by atoms with Crippen LogP contribution in [0.25, 0.3) is 17.0 Å². The molecule has 0 amide bonds. The Bertz CT molecular complexity index is 895. The van der Waals surface area contributed by atoms with Crippen molar-refractivity contribution in [3.05, 3.63) is 79.1 Å². The Morgan fingerprint density at radius 1 is 1.04 bits per heavy atom. The predicted octanol–water partition coefficient (Wildman–Crippen LogP) is 5.20. The van der Waals surface area contributed by atoms with Crippen LogP contribution < -0.4 is 4.74 Å². The molecule has 1 saturated heterocycles. The van der Waals surface area contributed by atoms with Crippen LogP contribution in [0.15, 0.2) is 79.1 Å². The molecular formula is C22H22N2O2. The van der Waals surface area contributed by atoms with E-state index in [0.717, 1.165) is 23.5 Å². The molecule has 132 valence electrons. The molecule has 0 saturated carbocycles. The highest BCUT2D eigenvalue weighted by Gasteiger charge is 2.35. The highest BCUT2D eigenvalue weighted by molar-refractivity contribution is 5.64. The Morgan fingerprint density at radius 2 is 1.77 bits per heavy atom. The van der Waals surface area contributed by atoms with Crippen LogP contribution in [0.2, 0.25) is 0 Å². The number of benzene rings is 2. The molecule has 1 aliphatic heterocycles. The van der Waals surface area contributed by atoms with Crippen molar-refractivity contribution in [3.63, 3.8) is 0 Å². The smallest absolute Gasteiger partial charge is 0.244 e. The molecule has 2 aromatic carbocycles. The largest absolute Gasteiger partial charge is 0.492 e. The zero-order valence-corrected chi connectivity index (χ0v) is 15.1. The van der Waals surface area contributed by atoms with E-state index in [1.54, 1.807) is 12.5 Å². The molecule has 0 unspecified atom stereocenters. The van der Waals surface area contributed by atoms with Crippen molar-refractivity contribution < 1.29 is 9.47 Å². The van der Waals surface area contributed by atoms with Gasteiger partial charge in [-0.15, -0.1) is 0 Å². The van der Waals surface area contributed by atoms with Gasteiger partial charge in [-0.1, -0.05) is 56.3 Å². The Labute approximate surface area is 153 Å². The number of hydrogen-bond acceptors (Lipinski definition) is 3. The first-order valence-electron chi connectivity index (χ1n) is 8.83. The maximum atomic E-state index is 6.25. The van der Waals surface area contributed by atoms with E-state index >= 15 is 0 Å². The summed E-state index contributed by atoms with van der Waals surface area (Å²) in [4.78, 5) is 4.15. The number of ether oxygens (including phenoxy) is 2. The quantitative estimate of drug-likeness (QED) is 0.609. The zero-order valence-electron chi connectivity index (χ0n) is 15.1. The highest BCUT2D eigenvalue weighted by Crippen LogP contribution is 2.40. The number of imidazole rings is 1. The van der Waals surface area contributed by atoms with Gasteiger partial charge in [-0.05, 0) is 29.7 Å². The van der Waals surface area contributed by atoms with E-state index < -0.39 is 0 Å². The summed E-state index contributed by atoms with van der Waals surface area (Å²) in [5.41, 5.74) is 2.28. The number of nitrogens with zero attached hydrogens (tertiary/aromatic N) is 2. The fraction of sp³-hybridized carbons (Fsp3) is 0.227. The lowest BCUT2D eigenvalue weighted by Crippen LogP contribution is -2.15. The van der Waals surface area contributed by atoms with E-state index in [2.05, 4.69) is 43.1 Å². The lowest BCUT2D eigenvalue weighted by atomic mass is 9.89. The van der Waals surface area contributed by atoms with E-state index in [4.69, 9.17) is 9.47 Å². The molecule has 0 aliphatic carbocycles.